The average molecular weight is 408 g/mol. The van der Waals surface area contributed by atoms with Gasteiger partial charge in [0, 0.05) is 30.0 Å². The van der Waals surface area contributed by atoms with Crippen molar-refractivity contribution in [3.05, 3.63) is 35.4 Å². The van der Waals surface area contributed by atoms with Gasteiger partial charge in [0.2, 0.25) is 5.95 Å². The quantitative estimate of drug-likeness (QED) is 0.556. The molecule has 1 saturated heterocycles. The lowest BCUT2D eigenvalue weighted by Crippen LogP contribution is -2.38. The van der Waals surface area contributed by atoms with Crippen LogP contribution < -0.4 is 4.90 Å². The van der Waals surface area contributed by atoms with Crippen LogP contribution in [0.25, 0.3) is 0 Å². The molecule has 148 valence electrons. The molecule has 0 aliphatic carbocycles. The van der Waals surface area contributed by atoms with Crippen molar-refractivity contribution in [2.24, 2.45) is 0 Å². The van der Waals surface area contributed by atoms with E-state index in [1.54, 1.807) is 11.8 Å². The molecule has 2 heterocycles. The zero-order valence-electron chi connectivity index (χ0n) is 14.3. The Hall–Kier alpha value is -1.88. The van der Waals surface area contributed by atoms with E-state index in [0.29, 0.717) is 26.3 Å². The summed E-state index contributed by atoms with van der Waals surface area (Å²) >= 11 is 0.938. The Bertz CT molecular complexity index is 792. The summed E-state index contributed by atoms with van der Waals surface area (Å²) in [5, 5.41) is 7.24. The van der Waals surface area contributed by atoms with Crippen LogP contribution in [0.3, 0.4) is 0 Å². The van der Waals surface area contributed by atoms with Gasteiger partial charge in [-0.25, -0.2) is 8.78 Å². The lowest BCUT2D eigenvalue weighted by Gasteiger charge is -2.28. The first-order valence-corrected chi connectivity index (χ1v) is 9.07. The maximum absolute atomic E-state index is 14.0. The molecule has 1 atom stereocenters. The number of benzene rings is 1. The molecule has 11 heteroatoms. The summed E-state index contributed by atoms with van der Waals surface area (Å²) in [6, 6.07) is 3.12. The Morgan fingerprint density at radius 3 is 2.52 bits per heavy atom. The molecule has 0 spiro atoms. The minimum Gasteiger partial charge on any atom is -0.378 e. The highest BCUT2D eigenvalue weighted by Gasteiger charge is 2.33. The van der Waals surface area contributed by atoms with Crippen molar-refractivity contribution in [2.75, 3.05) is 31.2 Å². The zero-order valence-corrected chi connectivity index (χ0v) is 15.2. The predicted octanol–water partition coefficient (Wildman–Crippen LogP) is 3.81. The van der Waals surface area contributed by atoms with E-state index in [4.69, 9.17) is 4.74 Å². The first-order valence-electron chi connectivity index (χ1n) is 8.19. The van der Waals surface area contributed by atoms with E-state index in [2.05, 4.69) is 10.2 Å². The van der Waals surface area contributed by atoms with Crippen molar-refractivity contribution >= 4 is 17.7 Å². The number of thioether (sulfide) groups is 1. The summed E-state index contributed by atoms with van der Waals surface area (Å²) in [5.74, 6) is -1.38. The number of ether oxygens (including phenoxy) is 1. The van der Waals surface area contributed by atoms with Crippen LogP contribution in [0.1, 0.15) is 17.7 Å². The van der Waals surface area contributed by atoms with Crippen LogP contribution in [0.5, 0.6) is 0 Å². The molecule has 1 aromatic heterocycles. The normalized spacial score (nSPS) is 16.6. The largest absolute Gasteiger partial charge is 0.406 e. The summed E-state index contributed by atoms with van der Waals surface area (Å²) in [6.45, 7) is 1.94. The smallest absolute Gasteiger partial charge is 0.378 e. The second-order valence-corrected chi connectivity index (χ2v) is 7.32. The SMILES string of the molecule is CC(Sc1nnc(N2CCOCC2)n1CC(F)(F)F)c1ccc(F)cc1F. The number of aromatic nitrogens is 3. The maximum Gasteiger partial charge on any atom is 0.406 e. The van der Waals surface area contributed by atoms with Gasteiger partial charge in [0.15, 0.2) is 5.16 Å². The molecule has 27 heavy (non-hydrogen) atoms. The van der Waals surface area contributed by atoms with Crippen LogP contribution in [0, 0.1) is 11.6 Å². The van der Waals surface area contributed by atoms with Crippen molar-refractivity contribution in [3.8, 4) is 0 Å². The molecule has 0 saturated carbocycles. The number of hydrogen-bond acceptors (Lipinski definition) is 5. The van der Waals surface area contributed by atoms with E-state index in [0.717, 1.165) is 28.5 Å². The number of anilines is 1. The van der Waals surface area contributed by atoms with Crippen LogP contribution in [0.2, 0.25) is 0 Å². The Morgan fingerprint density at radius 1 is 1.19 bits per heavy atom. The molecule has 0 radical (unpaired) electrons. The lowest BCUT2D eigenvalue weighted by molar-refractivity contribution is -0.141. The van der Waals surface area contributed by atoms with Crippen LogP contribution in [0.15, 0.2) is 23.4 Å². The van der Waals surface area contributed by atoms with Gasteiger partial charge in [0.25, 0.3) is 0 Å². The fourth-order valence-corrected chi connectivity index (χ4v) is 3.73. The molecule has 1 aliphatic rings. The Kier molecular flexibility index (Phi) is 5.89. The van der Waals surface area contributed by atoms with E-state index in [1.165, 1.54) is 6.07 Å². The molecule has 3 rings (SSSR count). The van der Waals surface area contributed by atoms with Crippen molar-refractivity contribution in [1.29, 1.82) is 0 Å². The minimum atomic E-state index is -4.47. The number of nitrogens with zero attached hydrogens (tertiary/aromatic N) is 4. The van der Waals surface area contributed by atoms with Crippen molar-refractivity contribution in [1.82, 2.24) is 14.8 Å². The number of morpholine rings is 1. The first kappa shape index (κ1) is 19.9. The third-order valence-electron chi connectivity index (χ3n) is 4.01. The van der Waals surface area contributed by atoms with Gasteiger partial charge >= 0.3 is 6.18 Å². The molecule has 0 bridgehead atoms. The van der Waals surface area contributed by atoms with Gasteiger partial charge in [-0.1, -0.05) is 17.8 Å². The predicted molar refractivity (Wildman–Crippen MR) is 89.7 cm³/mol. The van der Waals surface area contributed by atoms with Crippen molar-refractivity contribution < 1.29 is 26.7 Å². The Labute approximate surface area is 156 Å². The van der Waals surface area contributed by atoms with Gasteiger partial charge in [0.1, 0.15) is 18.2 Å². The molecular weight excluding hydrogens is 391 g/mol. The fourth-order valence-electron chi connectivity index (χ4n) is 2.74. The highest BCUT2D eigenvalue weighted by molar-refractivity contribution is 7.99. The number of hydrogen-bond donors (Lipinski definition) is 0. The van der Waals surface area contributed by atoms with E-state index in [-0.39, 0.29) is 16.7 Å². The molecule has 1 fully saturated rings. The van der Waals surface area contributed by atoms with Crippen molar-refractivity contribution in [2.45, 2.75) is 30.1 Å². The summed E-state index contributed by atoms with van der Waals surface area (Å²) in [7, 11) is 0. The summed E-state index contributed by atoms with van der Waals surface area (Å²) in [6.07, 6.45) is -4.47. The van der Waals surface area contributed by atoms with Gasteiger partial charge < -0.3 is 9.64 Å². The van der Waals surface area contributed by atoms with E-state index in [9.17, 15) is 22.0 Å². The van der Waals surface area contributed by atoms with E-state index in [1.807, 2.05) is 0 Å². The molecule has 0 N–H and O–H groups in total. The molecule has 2 aromatic rings. The minimum absolute atomic E-state index is 0.0186. The standard InChI is InChI=1S/C16H17F5N4OS/c1-10(12-3-2-11(17)8-13(12)18)27-15-23-22-14(24-4-6-26-7-5-24)25(15)9-16(19,20)21/h2-3,8,10H,4-7,9H2,1H3. The molecular formula is C16H17F5N4OS. The van der Waals surface area contributed by atoms with Crippen molar-refractivity contribution in [3.63, 3.8) is 0 Å². The molecule has 1 unspecified atom stereocenters. The molecule has 5 nitrogen and oxygen atoms in total. The highest BCUT2D eigenvalue weighted by Crippen LogP contribution is 2.37. The van der Waals surface area contributed by atoms with Crippen LogP contribution in [-0.2, 0) is 11.3 Å². The average Bonchev–Trinajstić information content (AvgIpc) is 2.96. The fraction of sp³-hybridized carbons (Fsp3) is 0.500. The van der Waals surface area contributed by atoms with Gasteiger partial charge in [-0.3, -0.25) is 4.57 Å². The molecule has 0 amide bonds. The molecule has 1 aromatic carbocycles. The third kappa shape index (κ3) is 4.89. The highest BCUT2D eigenvalue weighted by atomic mass is 32.2. The summed E-state index contributed by atoms with van der Waals surface area (Å²) < 4.78 is 72.5. The summed E-state index contributed by atoms with van der Waals surface area (Å²) in [5.41, 5.74) is 0.177. The lowest BCUT2D eigenvalue weighted by atomic mass is 10.1. The van der Waals surface area contributed by atoms with Gasteiger partial charge in [0.05, 0.1) is 13.2 Å². The number of alkyl halides is 3. The van der Waals surface area contributed by atoms with Gasteiger partial charge in [-0.15, -0.1) is 10.2 Å². The Morgan fingerprint density at radius 2 is 1.89 bits per heavy atom. The Balaban J connectivity index is 1.88. The van der Waals surface area contributed by atoms with Crippen LogP contribution in [0.4, 0.5) is 27.9 Å². The zero-order chi connectivity index (χ0) is 19.6. The third-order valence-corrected chi connectivity index (χ3v) is 5.13. The van der Waals surface area contributed by atoms with E-state index >= 15 is 0 Å². The number of rotatable bonds is 5. The monoisotopic (exact) mass is 408 g/mol. The summed E-state index contributed by atoms with van der Waals surface area (Å²) in [4.78, 5) is 1.68. The van der Waals surface area contributed by atoms with Gasteiger partial charge in [-0.2, -0.15) is 13.2 Å². The first-order chi connectivity index (χ1) is 12.7. The van der Waals surface area contributed by atoms with Crippen LogP contribution >= 0.6 is 11.8 Å². The second kappa shape index (κ2) is 8.01. The van der Waals surface area contributed by atoms with Gasteiger partial charge in [-0.05, 0) is 13.0 Å². The topological polar surface area (TPSA) is 43.2 Å². The van der Waals surface area contributed by atoms with E-state index < -0.39 is 29.6 Å². The molecule has 1 aliphatic heterocycles. The maximum atomic E-state index is 14.0. The number of halogens is 5. The van der Waals surface area contributed by atoms with Crippen LogP contribution in [-0.4, -0.2) is 47.2 Å². The second-order valence-electron chi connectivity index (χ2n) is 6.01.